The number of piperidine rings is 1. The van der Waals surface area contributed by atoms with Crippen LogP contribution in [-0.2, 0) is 4.79 Å². The molecule has 2 aliphatic heterocycles. The van der Waals surface area contributed by atoms with E-state index in [0.29, 0.717) is 33.8 Å². The van der Waals surface area contributed by atoms with E-state index in [2.05, 4.69) is 56.7 Å². The van der Waals surface area contributed by atoms with Gasteiger partial charge in [0.15, 0.2) is 0 Å². The average molecular weight is 605 g/mol. The first-order valence-corrected chi connectivity index (χ1v) is 14.8. The van der Waals surface area contributed by atoms with Gasteiger partial charge in [-0.25, -0.2) is 0 Å². The Bertz CT molecular complexity index is 1060. The fraction of sp³-hybridized carbons (Fsp3) is 0.552. The van der Waals surface area contributed by atoms with Gasteiger partial charge in [0.25, 0.3) is 0 Å². The Kier molecular flexibility index (Phi) is 6.67. The molecule has 4 nitrogen and oxygen atoms in total. The van der Waals surface area contributed by atoms with Gasteiger partial charge in [0.2, 0.25) is 5.91 Å². The first-order valence-electron chi connectivity index (χ1n) is 13.2. The van der Waals surface area contributed by atoms with Crippen LogP contribution in [0.1, 0.15) is 56.6 Å². The van der Waals surface area contributed by atoms with Crippen molar-refractivity contribution in [1.82, 2.24) is 4.90 Å². The summed E-state index contributed by atoms with van der Waals surface area (Å²) in [4.78, 5) is 19.4. The number of likely N-dealkylation sites (tertiary alicyclic amines) is 1. The molecule has 0 unspecified atom stereocenters. The molecule has 0 aromatic heterocycles. The summed E-state index contributed by atoms with van der Waals surface area (Å²) < 4.78 is 5.98. The largest absolute Gasteiger partial charge is 0.497 e. The highest BCUT2D eigenvalue weighted by molar-refractivity contribution is 14.1. The predicted octanol–water partition coefficient (Wildman–Crippen LogP) is 6.90. The van der Waals surface area contributed by atoms with Crippen LogP contribution >= 0.6 is 34.2 Å². The van der Waals surface area contributed by atoms with Gasteiger partial charge in [-0.05, 0) is 79.5 Å². The van der Waals surface area contributed by atoms with E-state index < -0.39 is 0 Å². The number of carbonyl (C=O) groups excluding carboxylic acids is 1. The number of benzene rings is 2. The van der Waals surface area contributed by atoms with Crippen LogP contribution in [0.15, 0.2) is 48.5 Å². The summed E-state index contributed by atoms with van der Waals surface area (Å²) >= 11 is 8.96. The van der Waals surface area contributed by atoms with Crippen LogP contribution in [0.25, 0.3) is 0 Å². The zero-order chi connectivity index (χ0) is 24.1. The quantitative estimate of drug-likeness (QED) is 0.281. The molecule has 0 bridgehead atoms. The number of hydrogen-bond acceptors (Lipinski definition) is 3. The number of ether oxygens (including phenoxy) is 1. The summed E-state index contributed by atoms with van der Waals surface area (Å²) in [6.07, 6.45) is 8.60. The molecule has 2 heterocycles. The van der Waals surface area contributed by atoms with Crippen LogP contribution in [0.2, 0.25) is 5.02 Å². The van der Waals surface area contributed by atoms with Crippen molar-refractivity contribution in [2.75, 3.05) is 18.6 Å². The van der Waals surface area contributed by atoms with Crippen molar-refractivity contribution in [3.05, 3.63) is 59.1 Å². The maximum absolute atomic E-state index is 14.4. The Labute approximate surface area is 227 Å². The van der Waals surface area contributed by atoms with Gasteiger partial charge in [0.05, 0.1) is 19.1 Å². The van der Waals surface area contributed by atoms with E-state index in [1.54, 1.807) is 7.11 Å². The van der Waals surface area contributed by atoms with E-state index in [4.69, 9.17) is 16.3 Å². The van der Waals surface area contributed by atoms with Crippen LogP contribution in [-0.4, -0.2) is 40.5 Å². The second-order valence-electron chi connectivity index (χ2n) is 10.8. The van der Waals surface area contributed by atoms with Gasteiger partial charge in [0.1, 0.15) is 5.75 Å². The number of anilines is 1. The van der Waals surface area contributed by atoms with E-state index in [1.165, 1.54) is 56.2 Å². The molecule has 6 atom stereocenters. The molecule has 186 valence electrons. The third-order valence-corrected chi connectivity index (χ3v) is 10.7. The molecule has 4 aliphatic rings. The maximum Gasteiger partial charge on any atom is 0.228 e. The van der Waals surface area contributed by atoms with Crippen LogP contribution in [0.5, 0.6) is 5.75 Å². The number of methoxy groups -OCH3 is 1. The second-order valence-corrected chi connectivity index (χ2v) is 12.9. The molecule has 2 aliphatic carbocycles. The van der Waals surface area contributed by atoms with Gasteiger partial charge in [0, 0.05) is 33.3 Å². The van der Waals surface area contributed by atoms with E-state index in [-0.39, 0.29) is 12.0 Å². The Morgan fingerprint density at radius 3 is 2.34 bits per heavy atom. The van der Waals surface area contributed by atoms with E-state index >= 15 is 0 Å². The van der Waals surface area contributed by atoms with Gasteiger partial charge in [-0.1, -0.05) is 65.6 Å². The molecule has 4 fully saturated rings. The summed E-state index contributed by atoms with van der Waals surface area (Å²) in [5.74, 6) is 2.20. The third-order valence-electron chi connectivity index (χ3n) is 9.10. The number of alkyl halides is 1. The zero-order valence-electron chi connectivity index (χ0n) is 20.3. The van der Waals surface area contributed by atoms with Gasteiger partial charge in [-0.3, -0.25) is 4.79 Å². The molecular weight excluding hydrogens is 571 g/mol. The summed E-state index contributed by atoms with van der Waals surface area (Å²) in [6, 6.07) is 17.5. The smallest absolute Gasteiger partial charge is 0.228 e. The van der Waals surface area contributed by atoms with Crippen LogP contribution in [0.4, 0.5) is 5.69 Å². The van der Waals surface area contributed by atoms with E-state index in [0.717, 1.165) is 17.3 Å². The SMILES string of the molecule is COc1ccc([C@H]2[C@H]3C(=O)N(C4CCCCC4)C[C@H]4CC[C@H](I)[C@H]([C@H]43)N2c2ccc(Cl)cc2)cc1. The molecule has 0 radical (unpaired) electrons. The number of halogens is 2. The van der Waals surface area contributed by atoms with Crippen molar-refractivity contribution in [3.63, 3.8) is 0 Å². The maximum atomic E-state index is 14.4. The van der Waals surface area contributed by atoms with Crippen LogP contribution in [0, 0.1) is 17.8 Å². The van der Waals surface area contributed by atoms with Crippen LogP contribution < -0.4 is 9.64 Å². The average Bonchev–Trinajstić information content (AvgIpc) is 3.26. The Morgan fingerprint density at radius 1 is 0.943 bits per heavy atom. The van der Waals surface area contributed by atoms with E-state index in [9.17, 15) is 4.79 Å². The lowest BCUT2D eigenvalue weighted by Crippen LogP contribution is -2.57. The molecule has 35 heavy (non-hydrogen) atoms. The third kappa shape index (κ3) is 4.14. The molecule has 2 saturated heterocycles. The van der Waals surface area contributed by atoms with Gasteiger partial charge in [-0.15, -0.1) is 0 Å². The van der Waals surface area contributed by atoms with Crippen molar-refractivity contribution in [2.24, 2.45) is 17.8 Å². The number of nitrogens with zero attached hydrogens (tertiary/aromatic N) is 2. The highest BCUT2D eigenvalue weighted by Gasteiger charge is 2.61. The number of hydrogen-bond donors (Lipinski definition) is 0. The highest BCUT2D eigenvalue weighted by Crippen LogP contribution is 2.58. The number of rotatable bonds is 4. The second kappa shape index (κ2) is 9.77. The topological polar surface area (TPSA) is 32.8 Å². The lowest BCUT2D eigenvalue weighted by Gasteiger charge is -2.49. The summed E-state index contributed by atoms with van der Waals surface area (Å²) in [5.41, 5.74) is 2.38. The fourth-order valence-corrected chi connectivity index (χ4v) is 8.89. The molecule has 6 heteroatoms. The highest BCUT2D eigenvalue weighted by atomic mass is 127. The lowest BCUT2D eigenvalue weighted by atomic mass is 9.67. The lowest BCUT2D eigenvalue weighted by molar-refractivity contribution is -0.148. The Hall–Kier alpha value is -1.47. The van der Waals surface area contributed by atoms with Crippen molar-refractivity contribution < 1.29 is 9.53 Å². The van der Waals surface area contributed by atoms with Crippen molar-refractivity contribution in [3.8, 4) is 5.75 Å². The van der Waals surface area contributed by atoms with Crippen molar-refractivity contribution in [1.29, 1.82) is 0 Å². The minimum Gasteiger partial charge on any atom is -0.497 e. The Balaban J connectivity index is 1.47. The number of amides is 1. The normalized spacial score (nSPS) is 33.1. The molecule has 2 aromatic rings. The van der Waals surface area contributed by atoms with Crippen LogP contribution in [0.3, 0.4) is 0 Å². The first kappa shape index (κ1) is 23.9. The fourth-order valence-electron chi connectivity index (χ4n) is 7.57. The molecular formula is C29H34ClIN2O2. The standard InChI is InChI=1S/C29H34ClIN2O2/c1-35-23-14-7-18(8-15-23)27-26-25-19(17-32(29(26)34)21-5-3-2-4-6-21)9-16-24(31)28(25)33(27)22-12-10-20(30)11-13-22/h7-8,10-15,19,21,24-28H,2-6,9,16-17H2,1H3/t19-,24+,25-,26+,27+,28-/m1/s1. The summed E-state index contributed by atoms with van der Waals surface area (Å²) in [7, 11) is 1.71. The van der Waals surface area contributed by atoms with Crippen molar-refractivity contribution in [2.45, 2.75) is 67.0 Å². The first-order chi connectivity index (χ1) is 17.1. The molecule has 2 aromatic carbocycles. The molecule has 6 rings (SSSR count). The van der Waals surface area contributed by atoms with Crippen molar-refractivity contribution >= 4 is 45.8 Å². The molecule has 0 spiro atoms. The van der Waals surface area contributed by atoms with E-state index in [1.807, 2.05) is 24.3 Å². The summed E-state index contributed by atoms with van der Waals surface area (Å²) in [5, 5.41) is 0.749. The molecule has 1 amide bonds. The molecule has 0 N–H and O–H groups in total. The van der Waals surface area contributed by atoms with Gasteiger partial charge in [-0.2, -0.15) is 0 Å². The van der Waals surface area contributed by atoms with Gasteiger partial charge >= 0.3 is 0 Å². The minimum atomic E-state index is -0.0117. The number of carbonyl (C=O) groups is 1. The molecule has 2 saturated carbocycles. The van der Waals surface area contributed by atoms with Gasteiger partial charge < -0.3 is 14.5 Å². The monoisotopic (exact) mass is 604 g/mol. The summed E-state index contributed by atoms with van der Waals surface area (Å²) in [6.45, 7) is 0.953. The zero-order valence-corrected chi connectivity index (χ0v) is 23.2. The Morgan fingerprint density at radius 2 is 1.66 bits per heavy atom. The predicted molar refractivity (Wildman–Crippen MR) is 150 cm³/mol. The minimum absolute atomic E-state index is 0.0117.